The Labute approximate surface area is 55.2 Å². The maximum Gasteiger partial charge on any atom is 0.243 e. The molecule has 3 heteroatoms. The molecular weight excluding hydrogens is 118 g/mol. The van der Waals surface area contributed by atoms with Crippen LogP contribution in [0.1, 0.15) is 27.2 Å². The molecule has 0 radical (unpaired) electrons. The number of nitrogens with zero attached hydrogens (tertiary/aromatic N) is 1. The highest BCUT2D eigenvalue weighted by atomic mass is 16.5. The molecule has 0 saturated carbocycles. The Morgan fingerprint density at radius 3 is 2.33 bits per heavy atom. The Bertz CT molecular complexity index is 103. The van der Waals surface area contributed by atoms with Crippen molar-refractivity contribution >= 4 is 5.91 Å². The monoisotopic (exact) mass is 131 g/mol. The summed E-state index contributed by atoms with van der Waals surface area (Å²) in [6.07, 6.45) is 0.774. The molecule has 0 spiro atoms. The zero-order valence-corrected chi connectivity index (χ0v) is 6.09. The summed E-state index contributed by atoms with van der Waals surface area (Å²) in [6.45, 7) is 5.05. The minimum absolute atomic E-state index is 0.0671. The van der Waals surface area contributed by atoms with Crippen molar-refractivity contribution in [1.82, 2.24) is 5.06 Å². The summed E-state index contributed by atoms with van der Waals surface area (Å²) in [5, 5.41) is 9.63. The van der Waals surface area contributed by atoms with Crippen molar-refractivity contribution in [3.63, 3.8) is 0 Å². The molecule has 0 saturated heterocycles. The molecule has 0 aliphatic heterocycles. The van der Waals surface area contributed by atoms with E-state index < -0.39 is 0 Å². The molecule has 0 bridgehead atoms. The van der Waals surface area contributed by atoms with Crippen molar-refractivity contribution in [3.05, 3.63) is 0 Å². The van der Waals surface area contributed by atoms with Crippen molar-refractivity contribution in [2.24, 2.45) is 0 Å². The first-order valence-electron chi connectivity index (χ1n) is 3.08. The fraction of sp³-hybridized carbons (Fsp3) is 0.833. The molecule has 0 aromatic heterocycles. The predicted octanol–water partition coefficient (Wildman–Crippen LogP) is 1.02. The Balaban J connectivity index is 3.72. The van der Waals surface area contributed by atoms with Crippen LogP contribution in [0.3, 0.4) is 0 Å². The lowest BCUT2D eigenvalue weighted by Gasteiger charge is -2.18. The van der Waals surface area contributed by atoms with Gasteiger partial charge >= 0.3 is 0 Å². The molecule has 1 amide bonds. The second-order valence-corrected chi connectivity index (χ2v) is 2.12. The number of hydrogen-bond acceptors (Lipinski definition) is 2. The number of carbonyl (C=O) groups is 1. The third-order valence-corrected chi connectivity index (χ3v) is 1.33. The van der Waals surface area contributed by atoms with Crippen molar-refractivity contribution < 1.29 is 10.0 Å². The van der Waals surface area contributed by atoms with Crippen molar-refractivity contribution in [2.75, 3.05) is 0 Å². The van der Waals surface area contributed by atoms with Gasteiger partial charge in [0.05, 0.1) is 6.04 Å². The molecule has 0 aromatic carbocycles. The zero-order valence-electron chi connectivity index (χ0n) is 6.09. The van der Waals surface area contributed by atoms with Gasteiger partial charge in [-0.05, 0) is 13.3 Å². The Kier molecular flexibility index (Phi) is 3.24. The first kappa shape index (κ1) is 8.43. The molecule has 0 rings (SSSR count). The highest BCUT2D eigenvalue weighted by Crippen LogP contribution is 1.98. The third-order valence-electron chi connectivity index (χ3n) is 1.33. The highest BCUT2D eigenvalue weighted by Gasteiger charge is 2.10. The van der Waals surface area contributed by atoms with E-state index in [9.17, 15) is 4.79 Å². The average Bonchev–Trinajstić information content (AvgIpc) is 1.84. The predicted molar refractivity (Wildman–Crippen MR) is 34.1 cm³/mol. The number of rotatable bonds is 2. The maximum absolute atomic E-state index is 10.4. The Hall–Kier alpha value is -0.570. The molecule has 1 atom stereocenters. The normalized spacial score (nSPS) is 12.9. The van der Waals surface area contributed by atoms with E-state index >= 15 is 0 Å². The van der Waals surface area contributed by atoms with E-state index in [4.69, 9.17) is 5.21 Å². The average molecular weight is 131 g/mol. The second kappa shape index (κ2) is 3.45. The molecular formula is C6H13NO2. The summed E-state index contributed by atoms with van der Waals surface area (Å²) in [5.74, 6) is -0.302. The maximum atomic E-state index is 10.4. The van der Waals surface area contributed by atoms with Crippen LogP contribution in [0.15, 0.2) is 0 Å². The summed E-state index contributed by atoms with van der Waals surface area (Å²) in [4.78, 5) is 10.4. The minimum atomic E-state index is -0.302. The standard InChI is InChI=1S/C6H13NO2/c1-4-5(2)7(9)6(3)8/h5,9H,4H2,1-3H3. The smallest absolute Gasteiger partial charge is 0.243 e. The zero-order chi connectivity index (χ0) is 7.44. The van der Waals surface area contributed by atoms with E-state index in [1.165, 1.54) is 6.92 Å². The van der Waals surface area contributed by atoms with Gasteiger partial charge in [0.15, 0.2) is 0 Å². The van der Waals surface area contributed by atoms with E-state index in [0.717, 1.165) is 11.5 Å². The third kappa shape index (κ3) is 2.46. The number of hydrogen-bond donors (Lipinski definition) is 1. The molecule has 0 aliphatic carbocycles. The van der Waals surface area contributed by atoms with Gasteiger partial charge < -0.3 is 0 Å². The van der Waals surface area contributed by atoms with Gasteiger partial charge in [0.25, 0.3) is 0 Å². The highest BCUT2D eigenvalue weighted by molar-refractivity contribution is 5.72. The van der Waals surface area contributed by atoms with E-state index in [2.05, 4.69) is 0 Å². The van der Waals surface area contributed by atoms with Crippen LogP contribution in [0.4, 0.5) is 0 Å². The van der Waals surface area contributed by atoms with Crippen molar-refractivity contribution in [3.8, 4) is 0 Å². The van der Waals surface area contributed by atoms with Crippen molar-refractivity contribution in [1.29, 1.82) is 0 Å². The first-order valence-corrected chi connectivity index (χ1v) is 3.08. The van der Waals surface area contributed by atoms with E-state index in [0.29, 0.717) is 0 Å². The molecule has 1 N–H and O–H groups in total. The lowest BCUT2D eigenvalue weighted by atomic mass is 10.2. The van der Waals surface area contributed by atoms with E-state index in [-0.39, 0.29) is 11.9 Å². The fourth-order valence-electron chi connectivity index (χ4n) is 0.483. The Morgan fingerprint density at radius 1 is 1.78 bits per heavy atom. The Morgan fingerprint density at radius 2 is 2.22 bits per heavy atom. The SMILES string of the molecule is CCC(C)N(O)C(C)=O. The first-order chi connectivity index (χ1) is 4.09. The molecule has 0 aromatic rings. The van der Waals surface area contributed by atoms with E-state index in [1.54, 1.807) is 6.92 Å². The van der Waals surface area contributed by atoms with Crippen LogP contribution in [0, 0.1) is 0 Å². The van der Waals surface area contributed by atoms with Gasteiger partial charge in [-0.2, -0.15) is 0 Å². The topological polar surface area (TPSA) is 40.5 Å². The summed E-state index contributed by atoms with van der Waals surface area (Å²) < 4.78 is 0. The van der Waals surface area contributed by atoms with Gasteiger partial charge in [-0.3, -0.25) is 10.0 Å². The molecule has 3 nitrogen and oxygen atoms in total. The fourth-order valence-corrected chi connectivity index (χ4v) is 0.483. The van der Waals surface area contributed by atoms with Crippen LogP contribution in [-0.2, 0) is 4.79 Å². The van der Waals surface area contributed by atoms with E-state index in [1.807, 2.05) is 6.92 Å². The molecule has 1 unspecified atom stereocenters. The van der Waals surface area contributed by atoms with Crippen LogP contribution >= 0.6 is 0 Å². The van der Waals surface area contributed by atoms with Crippen LogP contribution in [-0.4, -0.2) is 22.2 Å². The molecule has 54 valence electrons. The lowest BCUT2D eigenvalue weighted by Crippen LogP contribution is -2.33. The summed E-state index contributed by atoms with van der Waals surface area (Å²) in [7, 11) is 0. The quantitative estimate of drug-likeness (QED) is 0.449. The van der Waals surface area contributed by atoms with Gasteiger partial charge in [0, 0.05) is 6.92 Å². The van der Waals surface area contributed by atoms with Crippen LogP contribution < -0.4 is 0 Å². The molecule has 9 heavy (non-hydrogen) atoms. The number of amides is 1. The number of carbonyl (C=O) groups excluding carboxylic acids is 1. The molecule has 0 heterocycles. The molecule has 0 fully saturated rings. The van der Waals surface area contributed by atoms with Crippen LogP contribution in [0.2, 0.25) is 0 Å². The van der Waals surface area contributed by atoms with Gasteiger partial charge in [-0.1, -0.05) is 6.92 Å². The van der Waals surface area contributed by atoms with Crippen LogP contribution in [0.25, 0.3) is 0 Å². The van der Waals surface area contributed by atoms with Gasteiger partial charge in [-0.25, -0.2) is 5.06 Å². The lowest BCUT2D eigenvalue weighted by molar-refractivity contribution is -0.171. The minimum Gasteiger partial charge on any atom is -0.286 e. The van der Waals surface area contributed by atoms with Crippen molar-refractivity contribution in [2.45, 2.75) is 33.2 Å². The summed E-state index contributed by atoms with van der Waals surface area (Å²) in [5.41, 5.74) is 0. The van der Waals surface area contributed by atoms with Gasteiger partial charge in [-0.15, -0.1) is 0 Å². The number of hydroxylamine groups is 2. The largest absolute Gasteiger partial charge is 0.286 e. The van der Waals surface area contributed by atoms with Crippen LogP contribution in [0.5, 0.6) is 0 Å². The van der Waals surface area contributed by atoms with Gasteiger partial charge in [0.2, 0.25) is 5.91 Å². The summed E-state index contributed by atoms with van der Waals surface area (Å²) in [6, 6.07) is -0.0671. The second-order valence-electron chi connectivity index (χ2n) is 2.12. The van der Waals surface area contributed by atoms with Gasteiger partial charge in [0.1, 0.15) is 0 Å². The molecule has 0 aliphatic rings. The summed E-state index contributed by atoms with van der Waals surface area (Å²) >= 11 is 0.